The van der Waals surface area contributed by atoms with Crippen LogP contribution in [-0.4, -0.2) is 51.6 Å². The Morgan fingerprint density at radius 2 is 2.05 bits per heavy atom. The van der Waals surface area contributed by atoms with Crippen molar-refractivity contribution in [3.8, 4) is 0 Å². The first-order chi connectivity index (χ1) is 9.36. The molecule has 19 heavy (non-hydrogen) atoms. The molecule has 2 saturated heterocycles. The smallest absolute Gasteiger partial charge is 0.223 e. The summed E-state index contributed by atoms with van der Waals surface area (Å²) in [6.45, 7) is 4.36. The van der Waals surface area contributed by atoms with Crippen molar-refractivity contribution in [1.29, 1.82) is 0 Å². The van der Waals surface area contributed by atoms with Crippen LogP contribution in [0.5, 0.6) is 0 Å². The summed E-state index contributed by atoms with van der Waals surface area (Å²) in [5, 5.41) is 2.98. The molecule has 0 aliphatic carbocycles. The average molecular weight is 271 g/mol. The van der Waals surface area contributed by atoms with Crippen molar-refractivity contribution >= 4 is 5.91 Å². The summed E-state index contributed by atoms with van der Waals surface area (Å²) in [5.41, 5.74) is 0. The molecule has 2 aliphatic rings. The number of ether oxygens (including phenoxy) is 3. The minimum absolute atomic E-state index is 0.140. The highest BCUT2D eigenvalue weighted by Gasteiger charge is 2.20. The van der Waals surface area contributed by atoms with Gasteiger partial charge in [0.15, 0.2) is 0 Å². The highest BCUT2D eigenvalue weighted by Crippen LogP contribution is 2.14. The van der Waals surface area contributed by atoms with E-state index < -0.39 is 0 Å². The van der Waals surface area contributed by atoms with Crippen LogP contribution in [-0.2, 0) is 19.0 Å². The number of nitrogens with one attached hydrogen (secondary N) is 1. The third kappa shape index (κ3) is 5.47. The number of hydrogen-bond donors (Lipinski definition) is 1. The molecule has 0 radical (unpaired) electrons. The molecule has 2 rings (SSSR count). The van der Waals surface area contributed by atoms with Crippen molar-refractivity contribution in [2.75, 3.05) is 39.6 Å². The van der Waals surface area contributed by atoms with E-state index in [0.29, 0.717) is 33.0 Å². The Hall–Kier alpha value is -0.650. The van der Waals surface area contributed by atoms with Crippen molar-refractivity contribution < 1.29 is 19.0 Å². The van der Waals surface area contributed by atoms with Crippen molar-refractivity contribution in [3.63, 3.8) is 0 Å². The largest absolute Gasteiger partial charge is 0.381 e. The summed E-state index contributed by atoms with van der Waals surface area (Å²) in [4.78, 5) is 11.8. The van der Waals surface area contributed by atoms with Crippen molar-refractivity contribution in [3.05, 3.63) is 0 Å². The van der Waals surface area contributed by atoms with Gasteiger partial charge in [-0.15, -0.1) is 0 Å². The maximum Gasteiger partial charge on any atom is 0.223 e. The van der Waals surface area contributed by atoms with Gasteiger partial charge in [-0.25, -0.2) is 0 Å². The van der Waals surface area contributed by atoms with Gasteiger partial charge in [0.2, 0.25) is 5.91 Å². The molecule has 0 bridgehead atoms. The second kappa shape index (κ2) is 8.51. The highest BCUT2D eigenvalue weighted by atomic mass is 16.5. The Balaban J connectivity index is 1.43. The summed E-state index contributed by atoms with van der Waals surface area (Å²) < 4.78 is 16.3. The zero-order valence-corrected chi connectivity index (χ0v) is 11.6. The van der Waals surface area contributed by atoms with E-state index >= 15 is 0 Å². The minimum Gasteiger partial charge on any atom is -0.381 e. The van der Waals surface area contributed by atoms with Gasteiger partial charge in [0.25, 0.3) is 0 Å². The van der Waals surface area contributed by atoms with Crippen LogP contribution in [0.2, 0.25) is 0 Å². The molecule has 1 atom stereocenters. The molecule has 0 aromatic heterocycles. The summed E-state index contributed by atoms with van der Waals surface area (Å²) in [7, 11) is 0. The summed E-state index contributed by atoms with van der Waals surface area (Å²) in [6.07, 6.45) is 5.11. The molecule has 110 valence electrons. The van der Waals surface area contributed by atoms with E-state index in [1.54, 1.807) is 0 Å². The fourth-order valence-electron chi connectivity index (χ4n) is 2.48. The molecule has 1 N–H and O–H groups in total. The first kappa shape index (κ1) is 14.8. The van der Waals surface area contributed by atoms with Crippen LogP contribution in [0.15, 0.2) is 0 Å². The normalized spacial score (nSPS) is 24.5. The molecule has 0 aromatic rings. The molecular formula is C14H25NO4. The van der Waals surface area contributed by atoms with Gasteiger partial charge < -0.3 is 19.5 Å². The van der Waals surface area contributed by atoms with Crippen LogP contribution >= 0.6 is 0 Å². The molecule has 1 unspecified atom stereocenters. The van der Waals surface area contributed by atoms with Crippen LogP contribution in [0.25, 0.3) is 0 Å². The lowest BCUT2D eigenvalue weighted by atomic mass is 9.99. The van der Waals surface area contributed by atoms with Crippen molar-refractivity contribution in [1.82, 2.24) is 5.32 Å². The number of carbonyl (C=O) groups is 1. The van der Waals surface area contributed by atoms with Crippen LogP contribution in [0.4, 0.5) is 0 Å². The molecule has 5 heteroatoms. The van der Waals surface area contributed by atoms with Gasteiger partial charge in [0.1, 0.15) is 0 Å². The van der Waals surface area contributed by atoms with E-state index in [1.807, 2.05) is 0 Å². The maximum absolute atomic E-state index is 11.8. The number of carbonyl (C=O) groups excluding carboxylic acids is 1. The topological polar surface area (TPSA) is 56.8 Å². The zero-order chi connectivity index (χ0) is 13.3. The molecule has 1 amide bonds. The Kier molecular flexibility index (Phi) is 6.61. The lowest BCUT2D eigenvalue weighted by molar-refractivity contribution is -0.127. The lowest BCUT2D eigenvalue weighted by Gasteiger charge is -2.21. The van der Waals surface area contributed by atoms with Crippen LogP contribution in [0.1, 0.15) is 32.1 Å². The standard InChI is InChI=1S/C14H25NO4/c16-14(12-4-9-17-10-5-12)15-6-2-7-18-11-13-3-1-8-19-13/h12-13H,1-11H2,(H,15,16). The van der Waals surface area contributed by atoms with Crippen LogP contribution in [0, 0.1) is 5.92 Å². The minimum atomic E-state index is 0.140. The van der Waals surface area contributed by atoms with Gasteiger partial charge in [-0.3, -0.25) is 4.79 Å². The Morgan fingerprint density at radius 1 is 1.21 bits per heavy atom. The van der Waals surface area contributed by atoms with Gasteiger partial charge in [0, 0.05) is 38.9 Å². The van der Waals surface area contributed by atoms with Crippen molar-refractivity contribution in [2.24, 2.45) is 5.92 Å². The summed E-state index contributed by atoms with van der Waals surface area (Å²) in [5.74, 6) is 0.309. The Labute approximate surface area is 115 Å². The van der Waals surface area contributed by atoms with Gasteiger partial charge in [-0.05, 0) is 32.1 Å². The quantitative estimate of drug-likeness (QED) is 0.705. The fraction of sp³-hybridized carbons (Fsp3) is 0.929. The monoisotopic (exact) mass is 271 g/mol. The van der Waals surface area contributed by atoms with E-state index in [1.165, 1.54) is 0 Å². The van der Waals surface area contributed by atoms with E-state index in [4.69, 9.17) is 14.2 Å². The molecule has 0 spiro atoms. The third-order valence-corrected chi connectivity index (χ3v) is 3.68. The van der Waals surface area contributed by atoms with Gasteiger partial charge in [-0.2, -0.15) is 0 Å². The molecule has 0 saturated carbocycles. The first-order valence-corrected chi connectivity index (χ1v) is 7.41. The zero-order valence-electron chi connectivity index (χ0n) is 11.6. The Bertz CT molecular complexity index is 260. The first-order valence-electron chi connectivity index (χ1n) is 7.41. The van der Waals surface area contributed by atoms with Gasteiger partial charge >= 0.3 is 0 Å². The van der Waals surface area contributed by atoms with Crippen LogP contribution in [0.3, 0.4) is 0 Å². The number of rotatable bonds is 7. The fourth-order valence-corrected chi connectivity index (χ4v) is 2.48. The number of hydrogen-bond acceptors (Lipinski definition) is 4. The highest BCUT2D eigenvalue weighted by molar-refractivity contribution is 5.78. The van der Waals surface area contributed by atoms with Crippen LogP contribution < -0.4 is 5.32 Å². The number of amides is 1. The molecule has 2 heterocycles. The molecule has 0 aromatic carbocycles. The van der Waals surface area contributed by atoms with Gasteiger partial charge in [-0.1, -0.05) is 0 Å². The van der Waals surface area contributed by atoms with Crippen molar-refractivity contribution in [2.45, 2.75) is 38.2 Å². The molecule has 2 aliphatic heterocycles. The van der Waals surface area contributed by atoms with E-state index in [0.717, 1.165) is 38.7 Å². The second-order valence-electron chi connectivity index (χ2n) is 5.24. The lowest BCUT2D eigenvalue weighted by Crippen LogP contribution is -2.35. The predicted octanol–water partition coefficient (Wildman–Crippen LogP) is 1.11. The van der Waals surface area contributed by atoms with E-state index in [9.17, 15) is 4.79 Å². The maximum atomic E-state index is 11.8. The van der Waals surface area contributed by atoms with Gasteiger partial charge in [0.05, 0.1) is 12.7 Å². The summed E-state index contributed by atoms with van der Waals surface area (Å²) in [6, 6.07) is 0. The summed E-state index contributed by atoms with van der Waals surface area (Å²) >= 11 is 0. The average Bonchev–Trinajstić information content (AvgIpc) is 2.96. The Morgan fingerprint density at radius 3 is 2.79 bits per heavy atom. The van der Waals surface area contributed by atoms with E-state index in [-0.39, 0.29) is 17.9 Å². The molecular weight excluding hydrogens is 246 g/mol. The van der Waals surface area contributed by atoms with E-state index in [2.05, 4.69) is 5.32 Å². The predicted molar refractivity (Wildman–Crippen MR) is 71.0 cm³/mol. The second-order valence-corrected chi connectivity index (χ2v) is 5.24. The SMILES string of the molecule is O=C(NCCCOCC1CCCO1)C1CCOCC1. The third-order valence-electron chi connectivity index (χ3n) is 3.68. The molecule has 5 nitrogen and oxygen atoms in total. The molecule has 2 fully saturated rings.